The highest BCUT2D eigenvalue weighted by Gasteiger charge is 2.54. The molecule has 2 N–H and O–H groups in total. The van der Waals surface area contributed by atoms with E-state index in [9.17, 15) is 29.7 Å². The smallest absolute Gasteiger partial charge is 0.205 e. The van der Waals surface area contributed by atoms with E-state index in [4.69, 9.17) is 0 Å². The molecule has 0 saturated carbocycles. The van der Waals surface area contributed by atoms with Crippen molar-refractivity contribution in [1.29, 1.82) is 0 Å². The molecule has 0 heterocycles. The van der Waals surface area contributed by atoms with Gasteiger partial charge in [0, 0.05) is 19.3 Å². The summed E-state index contributed by atoms with van der Waals surface area (Å²) in [5, 5.41) is 31.8. The predicted octanol–water partition coefficient (Wildman–Crippen LogP) is -0.890. The zero-order valence-electron chi connectivity index (χ0n) is 13.6. The van der Waals surface area contributed by atoms with E-state index in [1.54, 1.807) is 21.1 Å². The number of phenols is 1. The molecule has 7 nitrogen and oxygen atoms in total. The van der Waals surface area contributed by atoms with Crippen LogP contribution in [0.1, 0.15) is 23.7 Å². The zero-order chi connectivity index (χ0) is 18.0. The van der Waals surface area contributed by atoms with Crippen LogP contribution in [-0.2, 0) is 9.59 Å². The van der Waals surface area contributed by atoms with Crippen LogP contribution in [0.4, 0.5) is 0 Å². The summed E-state index contributed by atoms with van der Waals surface area (Å²) in [6.45, 7) is 1.17. The van der Waals surface area contributed by atoms with Crippen LogP contribution in [0.5, 0.6) is 5.75 Å². The average molecular weight is 323 g/mol. The van der Waals surface area contributed by atoms with E-state index in [0.717, 1.165) is 0 Å². The third-order valence-corrected chi connectivity index (χ3v) is 3.57. The third kappa shape index (κ3) is 3.94. The highest BCUT2D eigenvalue weighted by atomic mass is 16.4. The Balaban J connectivity index is 3.54. The number of hydrogen-bond acceptors (Lipinski definition) is 6. The molecule has 0 aliphatic rings. The molecule has 0 aliphatic carbocycles. The number of nitrogens with zero attached hydrogens (tertiary/aromatic N) is 1. The van der Waals surface area contributed by atoms with Crippen molar-refractivity contribution < 1.29 is 34.2 Å². The number of rotatable bonds is 7. The Kier molecular flexibility index (Phi) is 5.29. The summed E-state index contributed by atoms with van der Waals surface area (Å²) in [6, 6.07) is 4.09. The van der Waals surface area contributed by atoms with Gasteiger partial charge in [0.1, 0.15) is 5.75 Å². The number of quaternary nitrogens is 1. The second kappa shape index (κ2) is 6.47. The van der Waals surface area contributed by atoms with Gasteiger partial charge in [0.25, 0.3) is 0 Å². The van der Waals surface area contributed by atoms with Gasteiger partial charge in [-0.15, -0.1) is 0 Å². The van der Waals surface area contributed by atoms with Gasteiger partial charge in [0.15, 0.2) is 17.4 Å². The average Bonchev–Trinajstić information content (AvgIpc) is 2.35. The van der Waals surface area contributed by atoms with Crippen LogP contribution in [0.25, 0.3) is 0 Å². The summed E-state index contributed by atoms with van der Waals surface area (Å²) in [5.74, 6) is -3.66. The molecule has 0 fully saturated rings. The van der Waals surface area contributed by atoms with Crippen LogP contribution in [0.3, 0.4) is 0 Å². The van der Waals surface area contributed by atoms with E-state index in [1.807, 2.05) is 0 Å². The standard InChI is InChI=1S/C16H21NO6/c1-10(18)14(17(2,3)4)16(23,9-13(20)21)15(22)11-7-5-6-8-12(11)19/h5-8,14,23H,9H2,1-4H3,(H-,19,20,21,22)/t14?,16-/m1/s1. The van der Waals surface area contributed by atoms with Gasteiger partial charge in [-0.3, -0.25) is 9.59 Å². The predicted molar refractivity (Wildman–Crippen MR) is 79.5 cm³/mol. The van der Waals surface area contributed by atoms with Crippen LogP contribution < -0.4 is 5.11 Å². The number of carbonyl (C=O) groups excluding carboxylic acids is 3. The Hall–Kier alpha value is -2.25. The van der Waals surface area contributed by atoms with Crippen molar-refractivity contribution in [1.82, 2.24) is 0 Å². The van der Waals surface area contributed by atoms with Crippen molar-refractivity contribution in [2.24, 2.45) is 0 Å². The Labute approximate surface area is 134 Å². The van der Waals surface area contributed by atoms with Crippen LogP contribution in [0, 0.1) is 0 Å². The number of likely N-dealkylation sites (N-methyl/N-ethyl adjacent to an activating group) is 1. The quantitative estimate of drug-likeness (QED) is 0.497. The molecule has 0 aromatic heterocycles. The molecule has 7 heteroatoms. The lowest BCUT2D eigenvalue weighted by atomic mass is 9.79. The van der Waals surface area contributed by atoms with Crippen molar-refractivity contribution in [3.63, 3.8) is 0 Å². The Morgan fingerprint density at radius 1 is 1.22 bits per heavy atom. The molecule has 0 amide bonds. The van der Waals surface area contributed by atoms with Crippen molar-refractivity contribution in [3.8, 4) is 5.75 Å². The van der Waals surface area contributed by atoms with Gasteiger partial charge in [-0.1, -0.05) is 12.1 Å². The third-order valence-electron chi connectivity index (χ3n) is 3.57. The molecule has 0 radical (unpaired) electrons. The number of carboxylic acids is 1. The first-order valence-corrected chi connectivity index (χ1v) is 6.98. The summed E-state index contributed by atoms with van der Waals surface area (Å²) >= 11 is 0. The molecule has 0 saturated heterocycles. The van der Waals surface area contributed by atoms with Gasteiger partial charge in [0.2, 0.25) is 5.78 Å². The number of Topliss-reactive ketones (excluding diaryl/α,β-unsaturated/α-hetero) is 2. The molecule has 0 bridgehead atoms. The lowest BCUT2D eigenvalue weighted by Crippen LogP contribution is -2.66. The molecule has 0 spiro atoms. The summed E-state index contributed by atoms with van der Waals surface area (Å²) < 4.78 is -0.168. The number of benzene rings is 1. The number of aromatic hydroxyl groups is 1. The Bertz CT molecular complexity index is 634. The SMILES string of the molecule is CC(=O)C([C@](O)(CC(=O)[O-])C(=O)c1ccccc1O)[N+](C)(C)C. The maximum Gasteiger partial charge on any atom is 0.205 e. The molecule has 0 aliphatic heterocycles. The van der Waals surface area contributed by atoms with E-state index in [2.05, 4.69) is 0 Å². The second-order valence-electron chi connectivity index (χ2n) is 6.45. The fourth-order valence-electron chi connectivity index (χ4n) is 2.94. The number of para-hydroxylation sites is 1. The van der Waals surface area contributed by atoms with E-state index < -0.39 is 41.3 Å². The van der Waals surface area contributed by atoms with E-state index in [-0.39, 0.29) is 10.0 Å². The number of aliphatic hydroxyl groups is 1. The number of aliphatic carboxylic acids is 1. The molecule has 1 rings (SSSR count). The van der Waals surface area contributed by atoms with Crippen LogP contribution in [0.2, 0.25) is 0 Å². The summed E-state index contributed by atoms with van der Waals surface area (Å²) in [5.41, 5.74) is -2.79. The minimum atomic E-state index is -2.54. The van der Waals surface area contributed by atoms with Gasteiger partial charge in [-0.05, 0) is 12.1 Å². The lowest BCUT2D eigenvalue weighted by molar-refractivity contribution is -0.892. The number of ketones is 2. The van der Waals surface area contributed by atoms with E-state index >= 15 is 0 Å². The monoisotopic (exact) mass is 323 g/mol. The number of phenolic OH excluding ortho intramolecular Hbond substituents is 1. The molecular formula is C16H21NO6. The zero-order valence-corrected chi connectivity index (χ0v) is 13.6. The fraction of sp³-hybridized carbons (Fsp3) is 0.438. The van der Waals surface area contributed by atoms with Crippen molar-refractivity contribution in [2.45, 2.75) is 25.0 Å². The van der Waals surface area contributed by atoms with Crippen molar-refractivity contribution >= 4 is 17.5 Å². The minimum absolute atomic E-state index is 0.168. The Morgan fingerprint density at radius 2 is 1.74 bits per heavy atom. The maximum absolute atomic E-state index is 12.8. The summed E-state index contributed by atoms with van der Waals surface area (Å²) in [6.07, 6.45) is -1.06. The van der Waals surface area contributed by atoms with Crippen molar-refractivity contribution in [2.75, 3.05) is 21.1 Å². The van der Waals surface area contributed by atoms with Crippen LogP contribution in [-0.4, -0.2) is 65.0 Å². The maximum atomic E-state index is 12.8. The molecule has 1 unspecified atom stereocenters. The van der Waals surface area contributed by atoms with Gasteiger partial charge in [-0.25, -0.2) is 0 Å². The molecule has 1 aromatic carbocycles. The minimum Gasteiger partial charge on any atom is -0.550 e. The van der Waals surface area contributed by atoms with Gasteiger partial charge in [0.05, 0.1) is 26.7 Å². The van der Waals surface area contributed by atoms with E-state index in [1.165, 1.54) is 31.2 Å². The first kappa shape index (κ1) is 18.8. The van der Waals surface area contributed by atoms with Gasteiger partial charge in [-0.2, -0.15) is 0 Å². The fourth-order valence-corrected chi connectivity index (χ4v) is 2.94. The summed E-state index contributed by atoms with van der Waals surface area (Å²) in [4.78, 5) is 35.9. The normalized spacial score (nSPS) is 15.5. The highest BCUT2D eigenvalue weighted by molar-refractivity contribution is 6.09. The Morgan fingerprint density at radius 3 is 2.13 bits per heavy atom. The first-order chi connectivity index (χ1) is 10.4. The topological polar surface area (TPSA) is 115 Å². The first-order valence-electron chi connectivity index (χ1n) is 6.98. The molecular weight excluding hydrogens is 302 g/mol. The number of carboxylic acid groups (broad SMARTS) is 1. The lowest BCUT2D eigenvalue weighted by Gasteiger charge is -2.42. The summed E-state index contributed by atoms with van der Waals surface area (Å²) in [7, 11) is 4.68. The van der Waals surface area contributed by atoms with Crippen LogP contribution in [0.15, 0.2) is 24.3 Å². The largest absolute Gasteiger partial charge is 0.550 e. The number of hydrogen-bond donors (Lipinski definition) is 2. The molecule has 23 heavy (non-hydrogen) atoms. The van der Waals surface area contributed by atoms with Crippen molar-refractivity contribution in [3.05, 3.63) is 29.8 Å². The molecule has 126 valence electrons. The molecule has 2 atom stereocenters. The highest BCUT2D eigenvalue weighted by Crippen LogP contribution is 2.30. The van der Waals surface area contributed by atoms with E-state index in [0.29, 0.717) is 0 Å². The molecule has 1 aromatic rings. The van der Waals surface area contributed by atoms with Gasteiger partial charge < -0.3 is 24.6 Å². The van der Waals surface area contributed by atoms with Crippen LogP contribution >= 0.6 is 0 Å². The second-order valence-corrected chi connectivity index (χ2v) is 6.45. The number of carbonyl (C=O) groups is 3. The van der Waals surface area contributed by atoms with Gasteiger partial charge >= 0.3 is 0 Å².